The van der Waals surface area contributed by atoms with Crippen LogP contribution in [-0.4, -0.2) is 27.6 Å². The van der Waals surface area contributed by atoms with E-state index in [0.29, 0.717) is 48.1 Å². The third-order valence-corrected chi connectivity index (χ3v) is 10.3. The van der Waals surface area contributed by atoms with Gasteiger partial charge in [-0.15, -0.1) is 23.1 Å². The van der Waals surface area contributed by atoms with E-state index < -0.39 is 22.0 Å². The van der Waals surface area contributed by atoms with Crippen LogP contribution in [0, 0.1) is 10.1 Å². The summed E-state index contributed by atoms with van der Waals surface area (Å²) in [6.07, 6.45) is 1.41. The number of halogens is 2. The largest absolute Gasteiger partial charge is 0.321 e. The number of amides is 3. The predicted molar refractivity (Wildman–Crippen MR) is 211 cm³/mol. The van der Waals surface area contributed by atoms with Crippen molar-refractivity contribution in [2.75, 3.05) is 10.6 Å². The van der Waals surface area contributed by atoms with Gasteiger partial charge in [0.2, 0.25) is 5.91 Å². The maximum Gasteiger partial charge on any atom is 0.272 e. The lowest BCUT2D eigenvalue weighted by molar-refractivity contribution is -0.384. The molecule has 1 heterocycles. The highest BCUT2D eigenvalue weighted by molar-refractivity contribution is 8.00. The summed E-state index contributed by atoms with van der Waals surface area (Å²) in [7, 11) is 0. The molecule has 3 amide bonds. The molecule has 0 radical (unpaired) electrons. The van der Waals surface area contributed by atoms with Crippen LogP contribution < -0.4 is 16.0 Å². The Balaban J connectivity index is 1.22. The van der Waals surface area contributed by atoms with Gasteiger partial charge in [-0.05, 0) is 54.1 Å². The Morgan fingerprint density at radius 2 is 1.49 bits per heavy atom. The van der Waals surface area contributed by atoms with Gasteiger partial charge in [-0.25, -0.2) is 4.98 Å². The van der Waals surface area contributed by atoms with Crippen LogP contribution in [0.3, 0.4) is 0 Å². The third-order valence-electron chi connectivity index (χ3n) is 7.59. The summed E-state index contributed by atoms with van der Waals surface area (Å²) in [5, 5.41) is 21.6. The number of hydrogen-bond acceptors (Lipinski definition) is 8. The number of nitrogens with one attached hydrogen (secondary N) is 3. The number of rotatable bonds is 12. The fraction of sp³-hybridized carbons (Fsp3) is 0.0256. The molecular weight excluding hydrogens is 753 g/mol. The van der Waals surface area contributed by atoms with E-state index in [1.807, 2.05) is 36.4 Å². The average Bonchev–Trinajstić information content (AvgIpc) is 3.64. The Morgan fingerprint density at radius 3 is 2.21 bits per heavy atom. The number of anilines is 2. The molecule has 1 unspecified atom stereocenters. The van der Waals surface area contributed by atoms with E-state index in [9.17, 15) is 24.5 Å². The Kier molecular flexibility index (Phi) is 12.0. The molecule has 0 spiro atoms. The lowest BCUT2D eigenvalue weighted by atomic mass is 10.1. The number of hydrogen-bond donors (Lipinski definition) is 3. The number of aromatic nitrogens is 1. The first kappa shape index (κ1) is 37.0. The number of non-ortho nitro benzene ring substituents is 1. The molecule has 1 aromatic heterocycles. The summed E-state index contributed by atoms with van der Waals surface area (Å²) < 4.78 is 0. The van der Waals surface area contributed by atoms with E-state index in [-0.39, 0.29) is 17.3 Å². The van der Waals surface area contributed by atoms with Gasteiger partial charge in [-0.3, -0.25) is 24.5 Å². The van der Waals surface area contributed by atoms with Gasteiger partial charge in [0.05, 0.1) is 10.6 Å². The number of thioether (sulfide) groups is 1. The minimum absolute atomic E-state index is 0.0609. The van der Waals surface area contributed by atoms with Crippen LogP contribution in [-0.2, 0) is 9.59 Å². The van der Waals surface area contributed by atoms with Crippen molar-refractivity contribution in [2.24, 2.45) is 0 Å². The predicted octanol–water partition coefficient (Wildman–Crippen LogP) is 9.91. The highest BCUT2D eigenvalue weighted by Crippen LogP contribution is 2.38. The zero-order chi connectivity index (χ0) is 37.3. The zero-order valence-electron chi connectivity index (χ0n) is 27.4. The minimum atomic E-state index is -0.727. The monoisotopic (exact) mass is 779 g/mol. The molecule has 264 valence electrons. The van der Waals surface area contributed by atoms with Gasteiger partial charge in [0.15, 0.2) is 5.13 Å². The summed E-state index contributed by atoms with van der Waals surface area (Å²) in [6.45, 7) is 0. The molecule has 14 heteroatoms. The van der Waals surface area contributed by atoms with Crippen LogP contribution in [0.4, 0.5) is 16.5 Å². The van der Waals surface area contributed by atoms with Crippen LogP contribution in [0.25, 0.3) is 17.3 Å². The molecule has 3 N–H and O–H groups in total. The molecule has 5 aromatic carbocycles. The zero-order valence-corrected chi connectivity index (χ0v) is 30.5. The van der Waals surface area contributed by atoms with Crippen molar-refractivity contribution in [3.05, 3.63) is 175 Å². The van der Waals surface area contributed by atoms with Gasteiger partial charge in [0.25, 0.3) is 17.5 Å². The lowest BCUT2D eigenvalue weighted by Crippen LogP contribution is -2.30. The topological polar surface area (TPSA) is 143 Å². The van der Waals surface area contributed by atoms with Crippen LogP contribution in [0.2, 0.25) is 10.0 Å². The molecule has 0 saturated heterocycles. The molecule has 10 nitrogen and oxygen atoms in total. The molecule has 0 fully saturated rings. The third kappa shape index (κ3) is 9.56. The molecule has 0 saturated carbocycles. The first-order chi connectivity index (χ1) is 25.6. The highest BCUT2D eigenvalue weighted by atomic mass is 35.5. The van der Waals surface area contributed by atoms with Crippen LogP contribution >= 0.6 is 46.3 Å². The van der Waals surface area contributed by atoms with Crippen LogP contribution in [0.15, 0.2) is 143 Å². The van der Waals surface area contributed by atoms with Gasteiger partial charge < -0.3 is 16.0 Å². The maximum atomic E-state index is 13.8. The van der Waals surface area contributed by atoms with Crippen molar-refractivity contribution >= 4 is 86.6 Å². The van der Waals surface area contributed by atoms with Gasteiger partial charge in [-0.2, -0.15) is 0 Å². The fourth-order valence-corrected chi connectivity index (χ4v) is 7.34. The van der Waals surface area contributed by atoms with Gasteiger partial charge in [0.1, 0.15) is 10.9 Å². The van der Waals surface area contributed by atoms with Crippen LogP contribution in [0.5, 0.6) is 0 Å². The van der Waals surface area contributed by atoms with E-state index in [1.54, 1.807) is 84.2 Å². The summed E-state index contributed by atoms with van der Waals surface area (Å²) >= 11 is 15.3. The standard InChI is InChI=1S/C39H27Cl2N5O5S2/c40-31-18-9-19-32(41)30(31)22-33(43-36(47)25-12-5-2-6-13-25)37(48)42-27-15-8-17-29(21-27)53-35(24-10-3-1-4-11-24)38(49)45-39-44-34(23-52-39)26-14-7-16-28(20-26)46(50)51/h1-23,35H,(H,42,48)(H,43,47)(H,44,45,49)/b33-22+. The van der Waals surface area contributed by atoms with Crippen molar-refractivity contribution in [1.82, 2.24) is 10.3 Å². The number of nitro groups is 1. The molecular formula is C39H27Cl2N5O5S2. The van der Waals surface area contributed by atoms with E-state index in [1.165, 1.54) is 41.3 Å². The molecule has 0 aliphatic carbocycles. The van der Waals surface area contributed by atoms with Crippen molar-refractivity contribution in [3.8, 4) is 11.3 Å². The number of carbonyl (C=O) groups is 3. The Morgan fingerprint density at radius 1 is 0.811 bits per heavy atom. The Bertz CT molecular complexity index is 2320. The SMILES string of the molecule is O=C(Nc1cccc(SC(C(=O)Nc2nc(-c3cccc([N+](=O)[O-])c3)cs2)c2ccccc2)c1)/C(=C\c1c(Cl)cccc1Cl)NC(=O)c1ccccc1. The van der Waals surface area contributed by atoms with Gasteiger partial charge >= 0.3 is 0 Å². The first-order valence-corrected chi connectivity index (χ1v) is 18.3. The van der Waals surface area contributed by atoms with Crippen molar-refractivity contribution < 1.29 is 19.3 Å². The van der Waals surface area contributed by atoms with Crippen molar-refractivity contribution in [3.63, 3.8) is 0 Å². The number of thiazole rings is 1. The number of nitrogens with zero attached hydrogens (tertiary/aromatic N) is 2. The smallest absolute Gasteiger partial charge is 0.272 e. The summed E-state index contributed by atoms with van der Waals surface area (Å²) in [4.78, 5) is 56.6. The molecule has 0 bridgehead atoms. The van der Waals surface area contributed by atoms with E-state index >= 15 is 0 Å². The molecule has 0 aliphatic heterocycles. The summed E-state index contributed by atoms with van der Waals surface area (Å²) in [5.41, 5.74) is 2.72. The van der Waals surface area contributed by atoms with Crippen molar-refractivity contribution in [2.45, 2.75) is 10.1 Å². The quantitative estimate of drug-likeness (QED) is 0.0486. The molecule has 53 heavy (non-hydrogen) atoms. The Hall–Kier alpha value is -5.79. The minimum Gasteiger partial charge on any atom is -0.321 e. The molecule has 6 rings (SSSR count). The fourth-order valence-electron chi connectivity index (χ4n) is 5.03. The number of carbonyl (C=O) groups excluding carboxylic acids is 3. The number of benzene rings is 5. The molecule has 6 aromatic rings. The van der Waals surface area contributed by atoms with E-state index in [0.717, 1.165) is 5.56 Å². The van der Waals surface area contributed by atoms with E-state index in [2.05, 4.69) is 20.9 Å². The van der Waals surface area contributed by atoms with Gasteiger partial charge in [0, 0.05) is 54.8 Å². The van der Waals surface area contributed by atoms with Gasteiger partial charge in [-0.1, -0.05) is 96.0 Å². The first-order valence-electron chi connectivity index (χ1n) is 15.8. The lowest BCUT2D eigenvalue weighted by Gasteiger charge is -2.17. The second-order valence-electron chi connectivity index (χ2n) is 11.2. The van der Waals surface area contributed by atoms with E-state index in [4.69, 9.17) is 23.2 Å². The highest BCUT2D eigenvalue weighted by Gasteiger charge is 2.24. The van der Waals surface area contributed by atoms with Crippen molar-refractivity contribution in [1.29, 1.82) is 0 Å². The average molecular weight is 781 g/mol. The Labute approximate surface area is 322 Å². The summed E-state index contributed by atoms with van der Waals surface area (Å²) in [6, 6.07) is 35.6. The maximum absolute atomic E-state index is 13.8. The second-order valence-corrected chi connectivity index (χ2v) is 14.1. The molecule has 0 aliphatic rings. The normalized spacial score (nSPS) is 11.7. The van der Waals surface area contributed by atoms with Crippen LogP contribution in [0.1, 0.15) is 26.7 Å². The summed E-state index contributed by atoms with van der Waals surface area (Å²) in [5.74, 6) is -1.48. The number of nitro benzene ring substituents is 1. The second kappa shape index (κ2) is 17.2. The molecule has 1 atom stereocenters.